The van der Waals surface area contributed by atoms with E-state index in [1.807, 2.05) is 18.2 Å². The van der Waals surface area contributed by atoms with Gasteiger partial charge in [0.2, 0.25) is 0 Å². The molecule has 0 aliphatic carbocycles. The van der Waals surface area contributed by atoms with Gasteiger partial charge in [0.15, 0.2) is 0 Å². The van der Waals surface area contributed by atoms with Crippen molar-refractivity contribution in [1.82, 2.24) is 0 Å². The predicted octanol–water partition coefficient (Wildman–Crippen LogP) is 5.08. The number of halogens is 2. The van der Waals surface area contributed by atoms with Crippen molar-refractivity contribution in [3.05, 3.63) is 67.6 Å². The first-order valence-electron chi connectivity index (χ1n) is 6.18. The summed E-state index contributed by atoms with van der Waals surface area (Å²) in [5, 5.41) is 0.702. The normalized spacial score (nSPS) is 12.5. The fraction of sp³-hybridized carbons (Fsp3) is 0.250. The van der Waals surface area contributed by atoms with Gasteiger partial charge in [-0.05, 0) is 71.1 Å². The molecule has 100 valence electrons. The maximum absolute atomic E-state index is 6.42. The zero-order valence-electron chi connectivity index (χ0n) is 11.3. The van der Waals surface area contributed by atoms with Crippen LogP contribution in [0, 0.1) is 20.8 Å². The van der Waals surface area contributed by atoms with E-state index >= 15 is 0 Å². The summed E-state index contributed by atoms with van der Waals surface area (Å²) in [6, 6.07) is 10.1. The molecular weight excluding hydrogens is 322 g/mol. The predicted molar refractivity (Wildman–Crippen MR) is 85.8 cm³/mol. The van der Waals surface area contributed by atoms with Gasteiger partial charge in [0.1, 0.15) is 0 Å². The zero-order chi connectivity index (χ0) is 14.2. The molecule has 0 bridgehead atoms. The molecule has 0 aliphatic heterocycles. The van der Waals surface area contributed by atoms with Crippen LogP contribution in [0.1, 0.15) is 33.9 Å². The van der Waals surface area contributed by atoms with Crippen molar-refractivity contribution in [2.24, 2.45) is 5.73 Å². The maximum atomic E-state index is 6.42. The average Bonchev–Trinajstić information content (AvgIpc) is 2.31. The van der Waals surface area contributed by atoms with E-state index in [-0.39, 0.29) is 6.04 Å². The van der Waals surface area contributed by atoms with Gasteiger partial charge in [0.25, 0.3) is 0 Å². The molecule has 0 amide bonds. The van der Waals surface area contributed by atoms with Gasteiger partial charge in [-0.3, -0.25) is 0 Å². The SMILES string of the molecule is Cc1cc(C)c(C(N)c2ccc(Cl)c(Br)c2)c(C)c1. The first-order chi connectivity index (χ1) is 8.90. The summed E-state index contributed by atoms with van der Waals surface area (Å²) in [6.07, 6.45) is 0. The molecule has 0 spiro atoms. The van der Waals surface area contributed by atoms with E-state index in [0.29, 0.717) is 5.02 Å². The summed E-state index contributed by atoms with van der Waals surface area (Å²) < 4.78 is 0.879. The van der Waals surface area contributed by atoms with E-state index in [9.17, 15) is 0 Å². The molecule has 0 radical (unpaired) electrons. The molecule has 1 unspecified atom stereocenters. The molecule has 2 rings (SSSR count). The van der Waals surface area contributed by atoms with Crippen molar-refractivity contribution in [2.75, 3.05) is 0 Å². The van der Waals surface area contributed by atoms with E-state index in [0.717, 1.165) is 10.0 Å². The number of aryl methyl sites for hydroxylation is 3. The van der Waals surface area contributed by atoms with Gasteiger partial charge in [0, 0.05) is 4.47 Å². The van der Waals surface area contributed by atoms with Crippen LogP contribution in [-0.4, -0.2) is 0 Å². The fourth-order valence-electron chi connectivity index (χ4n) is 2.55. The number of nitrogens with two attached hydrogens (primary N) is 1. The van der Waals surface area contributed by atoms with Gasteiger partial charge in [0.05, 0.1) is 11.1 Å². The lowest BCUT2D eigenvalue weighted by atomic mass is 9.90. The third-order valence-electron chi connectivity index (χ3n) is 3.35. The Labute approximate surface area is 127 Å². The Kier molecular flexibility index (Phi) is 4.34. The van der Waals surface area contributed by atoms with Gasteiger partial charge in [-0.25, -0.2) is 0 Å². The molecule has 2 aromatic carbocycles. The molecule has 1 nitrogen and oxygen atoms in total. The number of benzene rings is 2. The minimum Gasteiger partial charge on any atom is -0.320 e. The van der Waals surface area contributed by atoms with Crippen LogP contribution in [0.3, 0.4) is 0 Å². The molecule has 0 heterocycles. The molecular formula is C16H17BrClN. The van der Waals surface area contributed by atoms with Crippen molar-refractivity contribution in [3.8, 4) is 0 Å². The van der Waals surface area contributed by atoms with Crippen LogP contribution in [-0.2, 0) is 0 Å². The Bertz CT molecular complexity index is 599. The number of rotatable bonds is 2. The summed E-state index contributed by atoms with van der Waals surface area (Å²) in [5.41, 5.74) is 12.4. The second-order valence-corrected chi connectivity index (χ2v) is 6.23. The van der Waals surface area contributed by atoms with E-state index < -0.39 is 0 Å². The Morgan fingerprint density at radius 3 is 2.16 bits per heavy atom. The molecule has 1 atom stereocenters. The zero-order valence-corrected chi connectivity index (χ0v) is 13.6. The molecule has 2 N–H and O–H groups in total. The third kappa shape index (κ3) is 3.02. The number of hydrogen-bond acceptors (Lipinski definition) is 1. The minimum atomic E-state index is -0.130. The summed E-state index contributed by atoms with van der Waals surface area (Å²) >= 11 is 9.48. The highest BCUT2D eigenvalue weighted by Crippen LogP contribution is 2.31. The lowest BCUT2D eigenvalue weighted by Gasteiger charge is -2.19. The van der Waals surface area contributed by atoms with Gasteiger partial charge in [-0.1, -0.05) is 35.4 Å². The lowest BCUT2D eigenvalue weighted by molar-refractivity contribution is 0.849. The van der Waals surface area contributed by atoms with Gasteiger partial charge in [-0.15, -0.1) is 0 Å². The van der Waals surface area contributed by atoms with E-state index in [2.05, 4.69) is 48.8 Å². The first kappa shape index (κ1) is 14.6. The topological polar surface area (TPSA) is 26.0 Å². The Morgan fingerprint density at radius 2 is 1.63 bits per heavy atom. The Hall–Kier alpha value is -0.830. The molecule has 0 saturated heterocycles. The standard InChI is InChI=1S/C16H17BrClN/c1-9-6-10(2)15(11(3)7-9)16(19)12-4-5-14(18)13(17)8-12/h4-8,16H,19H2,1-3H3. The Balaban J connectivity index is 2.49. The van der Waals surface area contributed by atoms with Crippen molar-refractivity contribution in [2.45, 2.75) is 26.8 Å². The largest absolute Gasteiger partial charge is 0.320 e. The van der Waals surface area contributed by atoms with Gasteiger partial charge >= 0.3 is 0 Å². The second-order valence-electron chi connectivity index (χ2n) is 4.96. The molecule has 2 aromatic rings. The minimum absolute atomic E-state index is 0.130. The fourth-order valence-corrected chi connectivity index (χ4v) is 3.07. The molecule has 0 aromatic heterocycles. The summed E-state index contributed by atoms with van der Waals surface area (Å²) in [6.45, 7) is 6.33. The number of hydrogen-bond donors (Lipinski definition) is 1. The quantitative estimate of drug-likeness (QED) is 0.812. The summed E-state index contributed by atoms with van der Waals surface area (Å²) in [7, 11) is 0. The van der Waals surface area contributed by atoms with Crippen LogP contribution >= 0.6 is 27.5 Å². The molecule has 0 fully saturated rings. The average molecular weight is 339 g/mol. The van der Waals surface area contributed by atoms with Gasteiger partial charge in [-0.2, -0.15) is 0 Å². The summed E-state index contributed by atoms with van der Waals surface area (Å²) in [5.74, 6) is 0. The molecule has 0 saturated carbocycles. The van der Waals surface area contributed by atoms with Crippen molar-refractivity contribution in [3.63, 3.8) is 0 Å². The van der Waals surface area contributed by atoms with Crippen LogP contribution in [0.15, 0.2) is 34.8 Å². The van der Waals surface area contributed by atoms with Crippen LogP contribution < -0.4 is 5.73 Å². The highest BCUT2D eigenvalue weighted by Gasteiger charge is 2.15. The molecule has 19 heavy (non-hydrogen) atoms. The van der Waals surface area contributed by atoms with Crippen LogP contribution in [0.2, 0.25) is 5.02 Å². The summed E-state index contributed by atoms with van der Waals surface area (Å²) in [4.78, 5) is 0. The Morgan fingerprint density at radius 1 is 1.05 bits per heavy atom. The van der Waals surface area contributed by atoms with E-state index in [1.165, 1.54) is 22.3 Å². The first-order valence-corrected chi connectivity index (χ1v) is 7.35. The van der Waals surface area contributed by atoms with Crippen LogP contribution in [0.5, 0.6) is 0 Å². The molecule has 3 heteroatoms. The van der Waals surface area contributed by atoms with E-state index in [1.54, 1.807) is 0 Å². The third-order valence-corrected chi connectivity index (χ3v) is 4.57. The van der Waals surface area contributed by atoms with Crippen molar-refractivity contribution >= 4 is 27.5 Å². The second kappa shape index (κ2) is 5.66. The van der Waals surface area contributed by atoms with Crippen LogP contribution in [0.25, 0.3) is 0 Å². The van der Waals surface area contributed by atoms with Crippen LogP contribution in [0.4, 0.5) is 0 Å². The van der Waals surface area contributed by atoms with Crippen molar-refractivity contribution < 1.29 is 0 Å². The lowest BCUT2D eigenvalue weighted by Crippen LogP contribution is -2.15. The smallest absolute Gasteiger partial charge is 0.0557 e. The monoisotopic (exact) mass is 337 g/mol. The highest BCUT2D eigenvalue weighted by molar-refractivity contribution is 9.10. The van der Waals surface area contributed by atoms with E-state index in [4.69, 9.17) is 17.3 Å². The molecule has 0 aliphatic rings. The maximum Gasteiger partial charge on any atom is 0.0557 e. The van der Waals surface area contributed by atoms with Crippen molar-refractivity contribution in [1.29, 1.82) is 0 Å². The highest BCUT2D eigenvalue weighted by atomic mass is 79.9. The van der Waals surface area contributed by atoms with Gasteiger partial charge < -0.3 is 5.73 Å².